The summed E-state index contributed by atoms with van der Waals surface area (Å²) in [5, 5.41) is 12.8. The zero-order valence-corrected chi connectivity index (χ0v) is 12.9. The van der Waals surface area contributed by atoms with Gasteiger partial charge in [0.15, 0.2) is 13.0 Å². The average Bonchev–Trinajstić information content (AvgIpc) is 3.17. The van der Waals surface area contributed by atoms with E-state index in [4.69, 9.17) is 4.74 Å². The second-order valence-electron chi connectivity index (χ2n) is 4.68. The first-order chi connectivity index (χ1) is 11.1. The normalized spacial score (nSPS) is 15.4. The van der Waals surface area contributed by atoms with Crippen molar-refractivity contribution in [3.05, 3.63) is 62.0 Å². The van der Waals surface area contributed by atoms with Gasteiger partial charge in [0.1, 0.15) is 0 Å². The average molecular weight is 325 g/mol. The lowest BCUT2D eigenvalue weighted by Crippen LogP contribution is -2.16. The maximum absolute atomic E-state index is 11.9. The third kappa shape index (κ3) is 3.07. The van der Waals surface area contributed by atoms with Crippen LogP contribution >= 0.6 is 11.3 Å². The second-order valence-corrected chi connectivity index (χ2v) is 5.63. The van der Waals surface area contributed by atoms with Gasteiger partial charge in [0.2, 0.25) is 5.90 Å². The van der Waals surface area contributed by atoms with Crippen LogP contribution in [-0.4, -0.2) is 24.1 Å². The number of carbonyl (C=O) groups is 1. The number of hydrogen-bond donors (Lipinski definition) is 0. The van der Waals surface area contributed by atoms with E-state index in [1.54, 1.807) is 32.3 Å². The van der Waals surface area contributed by atoms with E-state index in [2.05, 4.69) is 4.99 Å². The zero-order chi connectivity index (χ0) is 16.4. The molecule has 2 aromatic rings. The molecule has 23 heavy (non-hydrogen) atoms. The van der Waals surface area contributed by atoms with Crippen molar-refractivity contribution in [1.29, 1.82) is 0 Å². The molecule has 1 aromatic heterocycles. The number of rotatable bonds is 4. The highest BCUT2D eigenvalue weighted by Gasteiger charge is 2.24. The van der Waals surface area contributed by atoms with Gasteiger partial charge in [-0.05, 0) is 34.6 Å². The maximum Gasteiger partial charge on any atom is 0.363 e. The van der Waals surface area contributed by atoms with Crippen LogP contribution in [0.5, 0.6) is 0 Å². The lowest BCUT2D eigenvalue weighted by atomic mass is 9.72. The van der Waals surface area contributed by atoms with Gasteiger partial charge in [-0.1, -0.05) is 19.0 Å². The first kappa shape index (κ1) is 15.2. The molecule has 1 aliphatic heterocycles. The molecule has 0 N–H and O–H groups in total. The fourth-order valence-corrected chi connectivity index (χ4v) is 2.78. The van der Waals surface area contributed by atoms with Gasteiger partial charge < -0.3 is 4.74 Å². The molecule has 113 valence electrons. The highest BCUT2D eigenvalue weighted by atomic mass is 32.1. The third-order valence-electron chi connectivity index (χ3n) is 3.22. The monoisotopic (exact) mass is 325 g/mol. The predicted octanol–water partition coefficient (Wildman–Crippen LogP) is 2.38. The van der Waals surface area contributed by atoms with Gasteiger partial charge >= 0.3 is 5.97 Å². The number of cyclic esters (lactones) is 1. The van der Waals surface area contributed by atoms with Crippen LogP contribution in [0.25, 0.3) is 6.08 Å². The molecule has 8 heteroatoms. The van der Waals surface area contributed by atoms with Crippen LogP contribution in [0.2, 0.25) is 6.82 Å². The van der Waals surface area contributed by atoms with Crippen molar-refractivity contribution in [2.45, 2.75) is 6.82 Å². The number of aliphatic imine (C=N–C) groups is 1. The predicted molar refractivity (Wildman–Crippen MR) is 89.3 cm³/mol. The quantitative estimate of drug-likeness (QED) is 0.284. The van der Waals surface area contributed by atoms with E-state index < -0.39 is 10.9 Å². The van der Waals surface area contributed by atoms with Crippen LogP contribution in [0.15, 0.2) is 46.4 Å². The van der Waals surface area contributed by atoms with Crippen molar-refractivity contribution in [1.82, 2.24) is 0 Å². The Balaban J connectivity index is 1.95. The molecule has 1 aromatic carbocycles. The lowest BCUT2D eigenvalue weighted by Gasteiger charge is -2.01. The fraction of sp³-hybridized carbons (Fsp3) is 0.0667. The summed E-state index contributed by atoms with van der Waals surface area (Å²) in [6.07, 6.45) is 1.56. The van der Waals surface area contributed by atoms with Crippen LogP contribution in [0.1, 0.15) is 10.4 Å². The number of nitrogens with zero attached hydrogens (tertiary/aromatic N) is 2. The number of hydrogen-bond acceptors (Lipinski definition) is 6. The van der Waals surface area contributed by atoms with E-state index in [1.165, 1.54) is 17.4 Å². The summed E-state index contributed by atoms with van der Waals surface area (Å²) in [5.41, 5.74) is 1.32. The molecule has 6 nitrogen and oxygen atoms in total. The Morgan fingerprint density at radius 2 is 2.22 bits per heavy atom. The summed E-state index contributed by atoms with van der Waals surface area (Å²) in [5.74, 6) is -0.255. The zero-order valence-electron chi connectivity index (χ0n) is 12.1. The summed E-state index contributed by atoms with van der Waals surface area (Å²) in [4.78, 5) is 27.4. The van der Waals surface area contributed by atoms with Crippen LogP contribution in [0, 0.1) is 10.1 Å². The van der Waals surface area contributed by atoms with Gasteiger partial charge in [0, 0.05) is 6.07 Å². The third-order valence-corrected chi connectivity index (χ3v) is 4.07. The Labute approximate surface area is 136 Å². The molecular formula is C15H10BN2O4S. The molecule has 1 aliphatic rings. The number of carbonyl (C=O) groups excluding carboxylic acids is 1. The number of thiophene rings is 1. The van der Waals surface area contributed by atoms with E-state index in [1.807, 2.05) is 17.5 Å². The molecule has 0 spiro atoms. The second kappa shape index (κ2) is 6.17. The standard InChI is InChI=1S/C15H10BN2O4S/c1-16-10-7-9(4-5-12(10)18(20)21)8-11-15(19)22-14(17-11)13-3-2-6-23-13/h2-8H,1H3/b11-8-. The van der Waals surface area contributed by atoms with Gasteiger partial charge in [0.25, 0.3) is 5.69 Å². The molecule has 0 fully saturated rings. The summed E-state index contributed by atoms with van der Waals surface area (Å²) in [6.45, 7) is 1.72. The van der Waals surface area contributed by atoms with E-state index in [0.29, 0.717) is 11.0 Å². The molecule has 0 saturated carbocycles. The van der Waals surface area contributed by atoms with E-state index in [0.717, 1.165) is 4.88 Å². The van der Waals surface area contributed by atoms with E-state index in [9.17, 15) is 14.9 Å². The van der Waals surface area contributed by atoms with Crippen LogP contribution in [0.3, 0.4) is 0 Å². The van der Waals surface area contributed by atoms with Crippen LogP contribution in [0.4, 0.5) is 5.69 Å². The molecule has 0 amide bonds. The van der Waals surface area contributed by atoms with Gasteiger partial charge in [-0.3, -0.25) is 10.1 Å². The topological polar surface area (TPSA) is 81.8 Å². The van der Waals surface area contributed by atoms with Gasteiger partial charge in [-0.2, -0.15) is 0 Å². The fourth-order valence-electron chi connectivity index (χ4n) is 2.13. The number of nitro benzene ring substituents is 1. The minimum absolute atomic E-state index is 0.0198. The molecule has 0 atom stereocenters. The van der Waals surface area contributed by atoms with Crippen molar-refractivity contribution < 1.29 is 14.5 Å². The SMILES string of the molecule is C[B]c1cc(/C=C2\N=C(c3cccs3)OC2=O)ccc1[N+](=O)[O-]. The lowest BCUT2D eigenvalue weighted by molar-refractivity contribution is -0.383. The largest absolute Gasteiger partial charge is 0.401 e. The number of benzene rings is 1. The molecular weight excluding hydrogens is 315 g/mol. The Morgan fingerprint density at radius 3 is 2.87 bits per heavy atom. The van der Waals surface area contributed by atoms with Crippen LogP contribution < -0.4 is 5.46 Å². The van der Waals surface area contributed by atoms with Crippen LogP contribution in [-0.2, 0) is 9.53 Å². The molecule has 2 heterocycles. The van der Waals surface area contributed by atoms with Crippen molar-refractivity contribution in [3.8, 4) is 0 Å². The molecule has 0 bridgehead atoms. The number of esters is 1. The highest BCUT2D eigenvalue weighted by molar-refractivity contribution is 7.12. The van der Waals surface area contributed by atoms with Gasteiger partial charge in [-0.15, -0.1) is 11.3 Å². The molecule has 0 aliphatic carbocycles. The van der Waals surface area contributed by atoms with Crippen molar-refractivity contribution in [2.75, 3.05) is 0 Å². The molecule has 0 saturated heterocycles. The van der Waals surface area contributed by atoms with Gasteiger partial charge in [-0.25, -0.2) is 9.79 Å². The highest BCUT2D eigenvalue weighted by Crippen LogP contribution is 2.22. The van der Waals surface area contributed by atoms with Gasteiger partial charge in [0.05, 0.1) is 9.80 Å². The van der Waals surface area contributed by atoms with E-state index in [-0.39, 0.29) is 17.3 Å². The first-order valence-corrected chi connectivity index (χ1v) is 7.60. The maximum atomic E-state index is 11.9. The Kier molecular flexibility index (Phi) is 4.07. The first-order valence-electron chi connectivity index (χ1n) is 6.72. The Hall–Kier alpha value is -2.74. The molecule has 0 unspecified atom stereocenters. The number of ether oxygens (including phenoxy) is 1. The summed E-state index contributed by atoms with van der Waals surface area (Å²) >= 11 is 1.43. The Morgan fingerprint density at radius 1 is 1.39 bits per heavy atom. The summed E-state index contributed by atoms with van der Waals surface area (Å²) in [7, 11) is 1.65. The Bertz CT molecular complexity index is 843. The minimum atomic E-state index is -0.534. The minimum Gasteiger partial charge on any atom is -0.401 e. The molecule has 1 radical (unpaired) electrons. The van der Waals surface area contributed by atoms with Crippen molar-refractivity contribution >= 4 is 47.7 Å². The number of nitro groups is 1. The van der Waals surface area contributed by atoms with E-state index >= 15 is 0 Å². The van der Waals surface area contributed by atoms with Crippen molar-refractivity contribution in [2.24, 2.45) is 4.99 Å². The van der Waals surface area contributed by atoms with Crippen molar-refractivity contribution in [3.63, 3.8) is 0 Å². The molecule has 3 rings (SSSR count). The summed E-state index contributed by atoms with van der Waals surface area (Å²) < 4.78 is 5.15. The smallest absolute Gasteiger partial charge is 0.363 e. The summed E-state index contributed by atoms with van der Waals surface area (Å²) in [6, 6.07) is 8.28.